The third kappa shape index (κ3) is 1.67. The molecule has 0 fully saturated rings. The summed E-state index contributed by atoms with van der Waals surface area (Å²) in [6, 6.07) is 3.76. The van der Waals surface area contributed by atoms with E-state index in [9.17, 15) is 8.42 Å². The van der Waals surface area contributed by atoms with Crippen molar-refractivity contribution in [2.24, 2.45) is 0 Å². The molecule has 3 heteroatoms. The summed E-state index contributed by atoms with van der Waals surface area (Å²) in [5.41, 5.74) is 2.78. The van der Waals surface area contributed by atoms with E-state index in [0.29, 0.717) is 4.90 Å². The highest BCUT2D eigenvalue weighted by Crippen LogP contribution is 2.16. The first-order chi connectivity index (χ1) is 5.52. The first-order valence-corrected chi connectivity index (χ1v) is 4.92. The highest BCUT2D eigenvalue weighted by atomic mass is 32.2. The quantitative estimate of drug-likeness (QED) is 0.672. The van der Waals surface area contributed by atoms with Crippen molar-refractivity contribution in [2.45, 2.75) is 25.7 Å². The minimum atomic E-state index is -2.45. The van der Waals surface area contributed by atoms with Crippen LogP contribution >= 0.6 is 0 Å². The predicted molar refractivity (Wildman–Crippen MR) is 49.2 cm³/mol. The van der Waals surface area contributed by atoms with E-state index in [2.05, 4.69) is 0 Å². The molecule has 1 aromatic rings. The molecule has 0 atom stereocenters. The van der Waals surface area contributed by atoms with Crippen LogP contribution in [0.25, 0.3) is 0 Å². The molecule has 0 aliphatic heterocycles. The number of hydrogen-bond donors (Lipinski definition) is 1. The van der Waals surface area contributed by atoms with Gasteiger partial charge in [-0.1, -0.05) is 17.7 Å². The zero-order valence-corrected chi connectivity index (χ0v) is 8.31. The summed E-state index contributed by atoms with van der Waals surface area (Å²) in [6.07, 6.45) is 0. The molecule has 66 valence electrons. The molecule has 0 aromatic heterocycles. The Labute approximate surface area is 74.2 Å². The van der Waals surface area contributed by atoms with E-state index < -0.39 is 10.7 Å². The van der Waals surface area contributed by atoms with Gasteiger partial charge in [-0.05, 0) is 31.9 Å². The molecular formula is C9H12O2S. The van der Waals surface area contributed by atoms with E-state index in [0.717, 1.165) is 16.7 Å². The van der Waals surface area contributed by atoms with Crippen molar-refractivity contribution in [2.75, 3.05) is 0 Å². The van der Waals surface area contributed by atoms with Crippen LogP contribution in [-0.4, -0.2) is 8.42 Å². The Kier molecular flexibility index (Phi) is 2.52. The minimum absolute atomic E-state index is 0.468. The molecule has 0 radical (unpaired) electrons. The van der Waals surface area contributed by atoms with Crippen LogP contribution in [0.15, 0.2) is 17.0 Å². The van der Waals surface area contributed by atoms with Crippen LogP contribution in [0.5, 0.6) is 0 Å². The number of benzene rings is 1. The van der Waals surface area contributed by atoms with Crippen molar-refractivity contribution >= 4 is 10.7 Å². The van der Waals surface area contributed by atoms with Crippen LogP contribution in [0.4, 0.5) is 0 Å². The second kappa shape index (κ2) is 3.27. The molecule has 0 spiro atoms. The molecule has 1 aromatic carbocycles. The fourth-order valence-electron chi connectivity index (χ4n) is 1.46. The standard InChI is InChI=1S/C9H12O2S/c1-6-4-7(2)9(12(10)11)8(3)5-6/h4-5,12H,1-3H3. The summed E-state index contributed by atoms with van der Waals surface area (Å²) in [4.78, 5) is 0.468. The maximum atomic E-state index is 10.8. The van der Waals surface area contributed by atoms with E-state index in [4.69, 9.17) is 0 Å². The lowest BCUT2D eigenvalue weighted by atomic mass is 10.1. The molecule has 0 N–H and O–H groups in total. The van der Waals surface area contributed by atoms with Gasteiger partial charge in [0.05, 0.1) is 4.90 Å². The summed E-state index contributed by atoms with van der Waals surface area (Å²) in [5.74, 6) is 0. The van der Waals surface area contributed by atoms with Gasteiger partial charge in [-0.3, -0.25) is 0 Å². The van der Waals surface area contributed by atoms with Crippen molar-refractivity contribution < 1.29 is 8.42 Å². The third-order valence-electron chi connectivity index (χ3n) is 1.82. The van der Waals surface area contributed by atoms with Crippen molar-refractivity contribution in [3.63, 3.8) is 0 Å². The smallest absolute Gasteiger partial charge is 0.168 e. The van der Waals surface area contributed by atoms with Gasteiger partial charge in [0.1, 0.15) is 0 Å². The predicted octanol–water partition coefficient (Wildman–Crippen LogP) is 1.58. The van der Waals surface area contributed by atoms with E-state index in [1.807, 2.05) is 32.9 Å². The van der Waals surface area contributed by atoms with Gasteiger partial charge in [0.15, 0.2) is 10.7 Å². The third-order valence-corrected chi connectivity index (χ3v) is 2.89. The van der Waals surface area contributed by atoms with Crippen LogP contribution in [0.2, 0.25) is 0 Å². The fourth-order valence-corrected chi connectivity index (χ4v) is 2.17. The Bertz CT molecular complexity index is 347. The number of hydrogen-bond acceptors (Lipinski definition) is 2. The minimum Gasteiger partial charge on any atom is -0.227 e. The van der Waals surface area contributed by atoms with E-state index in [1.165, 1.54) is 0 Å². The average Bonchev–Trinajstić information content (AvgIpc) is 1.82. The molecule has 0 aliphatic carbocycles. The van der Waals surface area contributed by atoms with Crippen LogP contribution in [0, 0.1) is 20.8 Å². The fraction of sp³-hybridized carbons (Fsp3) is 0.333. The molecule has 0 amide bonds. The van der Waals surface area contributed by atoms with Gasteiger partial charge in [-0.2, -0.15) is 0 Å². The van der Waals surface area contributed by atoms with Crippen molar-refractivity contribution in [1.29, 1.82) is 0 Å². The van der Waals surface area contributed by atoms with Gasteiger partial charge < -0.3 is 0 Å². The first-order valence-electron chi connectivity index (χ1n) is 3.74. The lowest BCUT2D eigenvalue weighted by Crippen LogP contribution is -1.92. The molecule has 12 heavy (non-hydrogen) atoms. The van der Waals surface area contributed by atoms with E-state index >= 15 is 0 Å². The average molecular weight is 184 g/mol. The van der Waals surface area contributed by atoms with Gasteiger partial charge in [-0.25, -0.2) is 8.42 Å². The molecule has 2 nitrogen and oxygen atoms in total. The van der Waals surface area contributed by atoms with Crippen molar-refractivity contribution in [3.05, 3.63) is 28.8 Å². The summed E-state index contributed by atoms with van der Waals surface area (Å²) < 4.78 is 21.6. The maximum absolute atomic E-state index is 10.8. The second-order valence-corrected chi connectivity index (χ2v) is 3.97. The Morgan fingerprint density at radius 3 is 1.75 bits per heavy atom. The molecule has 0 unspecified atom stereocenters. The van der Waals surface area contributed by atoms with Gasteiger partial charge in [0.2, 0.25) is 0 Å². The van der Waals surface area contributed by atoms with Crippen LogP contribution in [0.1, 0.15) is 16.7 Å². The first kappa shape index (κ1) is 9.26. The van der Waals surface area contributed by atoms with Crippen molar-refractivity contribution in [1.82, 2.24) is 0 Å². The van der Waals surface area contributed by atoms with Gasteiger partial charge in [-0.15, -0.1) is 0 Å². The molecule has 0 heterocycles. The molecule has 0 bridgehead atoms. The number of rotatable bonds is 1. The normalized spacial score (nSPS) is 10.7. The molecule has 0 aliphatic rings. The summed E-state index contributed by atoms with van der Waals surface area (Å²) in [5, 5.41) is 0. The zero-order valence-electron chi connectivity index (χ0n) is 7.42. The molecule has 0 saturated carbocycles. The summed E-state index contributed by atoms with van der Waals surface area (Å²) in [6.45, 7) is 5.60. The van der Waals surface area contributed by atoms with E-state index in [1.54, 1.807) is 0 Å². The van der Waals surface area contributed by atoms with Gasteiger partial charge in [0, 0.05) is 0 Å². The SMILES string of the molecule is Cc1cc(C)c([SH](=O)=O)c(C)c1. The van der Waals surface area contributed by atoms with Crippen LogP contribution in [-0.2, 0) is 10.7 Å². The topological polar surface area (TPSA) is 34.1 Å². The zero-order chi connectivity index (χ0) is 9.30. The highest BCUT2D eigenvalue weighted by Gasteiger charge is 2.04. The Hall–Kier alpha value is -0.830. The molecule has 1 rings (SSSR count). The Morgan fingerprint density at radius 2 is 1.42 bits per heavy atom. The number of thiol groups is 1. The second-order valence-electron chi connectivity index (χ2n) is 3.00. The monoisotopic (exact) mass is 184 g/mol. The van der Waals surface area contributed by atoms with Gasteiger partial charge >= 0.3 is 0 Å². The lowest BCUT2D eigenvalue weighted by molar-refractivity contribution is 0.613. The highest BCUT2D eigenvalue weighted by molar-refractivity contribution is 7.72. The van der Waals surface area contributed by atoms with E-state index in [-0.39, 0.29) is 0 Å². The van der Waals surface area contributed by atoms with Crippen LogP contribution < -0.4 is 0 Å². The van der Waals surface area contributed by atoms with Crippen LogP contribution in [0.3, 0.4) is 0 Å². The molecule has 0 saturated heterocycles. The lowest BCUT2D eigenvalue weighted by Gasteiger charge is -2.03. The Balaban J connectivity index is 3.48. The Morgan fingerprint density at radius 1 is 1.00 bits per heavy atom. The molecular weight excluding hydrogens is 172 g/mol. The van der Waals surface area contributed by atoms with Crippen molar-refractivity contribution in [3.8, 4) is 0 Å². The number of aryl methyl sites for hydroxylation is 3. The largest absolute Gasteiger partial charge is 0.227 e. The summed E-state index contributed by atoms with van der Waals surface area (Å²) >= 11 is 0. The van der Waals surface area contributed by atoms with Gasteiger partial charge in [0.25, 0.3) is 0 Å². The summed E-state index contributed by atoms with van der Waals surface area (Å²) in [7, 11) is -2.45. The maximum Gasteiger partial charge on any atom is 0.168 e.